The third-order valence-electron chi connectivity index (χ3n) is 3.04. The predicted molar refractivity (Wildman–Crippen MR) is 76.6 cm³/mol. The number of likely N-dealkylation sites (N-methyl/N-ethyl adjacent to an activating group) is 1. The molecule has 0 spiro atoms. The van der Waals surface area contributed by atoms with E-state index >= 15 is 0 Å². The third kappa shape index (κ3) is 2.99. The Labute approximate surface area is 109 Å². The lowest BCUT2D eigenvalue weighted by Gasteiger charge is -2.11. The van der Waals surface area contributed by atoms with E-state index in [9.17, 15) is 0 Å². The lowest BCUT2D eigenvalue weighted by molar-refractivity contribution is 0.682. The van der Waals surface area contributed by atoms with Gasteiger partial charge in [0.05, 0.1) is 5.69 Å². The standard InChI is InChI=1S/C15H21N3/c1-4-16-10-13(12(2)3)9-14-11-18-8-6-5-7-15(18)17-14/h5-9,11-12,16H,4,10H2,1-3H3. The Kier molecular flexibility index (Phi) is 4.15. The van der Waals surface area contributed by atoms with Gasteiger partial charge in [-0.05, 0) is 30.7 Å². The molecular formula is C15H21N3. The van der Waals surface area contributed by atoms with Gasteiger partial charge < -0.3 is 9.72 Å². The quantitative estimate of drug-likeness (QED) is 0.874. The molecule has 0 saturated heterocycles. The summed E-state index contributed by atoms with van der Waals surface area (Å²) in [4.78, 5) is 4.60. The van der Waals surface area contributed by atoms with Crippen LogP contribution < -0.4 is 5.32 Å². The average Bonchev–Trinajstić information content (AvgIpc) is 2.76. The lowest BCUT2D eigenvalue weighted by atomic mass is 10.0. The van der Waals surface area contributed by atoms with Crippen molar-refractivity contribution < 1.29 is 0 Å². The van der Waals surface area contributed by atoms with Crippen molar-refractivity contribution in [3.05, 3.63) is 41.9 Å². The Bertz CT molecular complexity index is 504. The molecule has 0 unspecified atom stereocenters. The van der Waals surface area contributed by atoms with Gasteiger partial charge in [-0.15, -0.1) is 0 Å². The van der Waals surface area contributed by atoms with Crippen molar-refractivity contribution in [1.82, 2.24) is 14.7 Å². The number of fused-ring (bicyclic) bond motifs is 1. The van der Waals surface area contributed by atoms with E-state index in [2.05, 4.69) is 47.7 Å². The fourth-order valence-corrected chi connectivity index (χ4v) is 1.90. The minimum absolute atomic E-state index is 0.536. The third-order valence-corrected chi connectivity index (χ3v) is 3.04. The number of imidazole rings is 1. The smallest absolute Gasteiger partial charge is 0.137 e. The van der Waals surface area contributed by atoms with E-state index in [1.165, 1.54) is 5.57 Å². The Morgan fingerprint density at radius 3 is 2.94 bits per heavy atom. The topological polar surface area (TPSA) is 29.3 Å². The minimum atomic E-state index is 0.536. The van der Waals surface area contributed by atoms with Gasteiger partial charge in [-0.2, -0.15) is 0 Å². The molecule has 18 heavy (non-hydrogen) atoms. The van der Waals surface area contributed by atoms with Crippen LogP contribution in [0.4, 0.5) is 0 Å². The highest BCUT2D eigenvalue weighted by Gasteiger charge is 2.05. The number of rotatable bonds is 5. The Morgan fingerprint density at radius 2 is 2.28 bits per heavy atom. The number of nitrogens with one attached hydrogen (secondary N) is 1. The number of hydrogen-bond donors (Lipinski definition) is 1. The van der Waals surface area contributed by atoms with E-state index in [-0.39, 0.29) is 0 Å². The molecule has 3 nitrogen and oxygen atoms in total. The molecule has 0 aliphatic heterocycles. The van der Waals surface area contributed by atoms with E-state index in [1.807, 2.05) is 24.4 Å². The van der Waals surface area contributed by atoms with Crippen molar-refractivity contribution in [3.63, 3.8) is 0 Å². The summed E-state index contributed by atoms with van der Waals surface area (Å²) in [5.41, 5.74) is 3.42. The highest BCUT2D eigenvalue weighted by atomic mass is 15.0. The zero-order chi connectivity index (χ0) is 13.0. The van der Waals surface area contributed by atoms with Crippen LogP contribution in [0.3, 0.4) is 0 Å². The molecular weight excluding hydrogens is 222 g/mol. The maximum atomic E-state index is 4.60. The van der Waals surface area contributed by atoms with Crippen LogP contribution in [0.25, 0.3) is 11.7 Å². The summed E-state index contributed by atoms with van der Waals surface area (Å²) in [6.45, 7) is 8.50. The van der Waals surface area contributed by atoms with Crippen molar-refractivity contribution >= 4 is 11.7 Å². The van der Waals surface area contributed by atoms with Crippen LogP contribution in [0, 0.1) is 5.92 Å². The Balaban J connectivity index is 2.28. The fraction of sp³-hybridized carbons (Fsp3) is 0.400. The maximum absolute atomic E-state index is 4.60. The Morgan fingerprint density at radius 1 is 1.44 bits per heavy atom. The molecule has 1 N–H and O–H groups in total. The normalized spacial score (nSPS) is 12.6. The van der Waals surface area contributed by atoms with Gasteiger partial charge in [-0.3, -0.25) is 0 Å². The van der Waals surface area contributed by atoms with Crippen LogP contribution in [0.1, 0.15) is 26.5 Å². The zero-order valence-corrected chi connectivity index (χ0v) is 11.4. The molecule has 2 aromatic rings. The molecule has 0 aromatic carbocycles. The molecule has 0 radical (unpaired) electrons. The second kappa shape index (κ2) is 5.83. The van der Waals surface area contributed by atoms with E-state index in [0.29, 0.717) is 5.92 Å². The van der Waals surface area contributed by atoms with Crippen LogP contribution in [-0.2, 0) is 0 Å². The summed E-state index contributed by atoms with van der Waals surface area (Å²) in [6.07, 6.45) is 6.29. The molecule has 0 fully saturated rings. The number of aromatic nitrogens is 2. The number of hydrogen-bond acceptors (Lipinski definition) is 2. The highest BCUT2D eigenvalue weighted by Crippen LogP contribution is 2.14. The summed E-state index contributed by atoms with van der Waals surface area (Å²) in [7, 11) is 0. The van der Waals surface area contributed by atoms with Crippen molar-refractivity contribution in [1.29, 1.82) is 0 Å². The van der Waals surface area contributed by atoms with Crippen LogP contribution in [0.15, 0.2) is 36.2 Å². The molecule has 0 amide bonds. The molecule has 3 heteroatoms. The monoisotopic (exact) mass is 243 g/mol. The largest absolute Gasteiger partial charge is 0.313 e. The maximum Gasteiger partial charge on any atom is 0.137 e. The Hall–Kier alpha value is -1.61. The number of pyridine rings is 1. The molecule has 2 heterocycles. The van der Waals surface area contributed by atoms with Crippen LogP contribution >= 0.6 is 0 Å². The second-order valence-electron chi connectivity index (χ2n) is 4.79. The summed E-state index contributed by atoms with van der Waals surface area (Å²) in [5.74, 6) is 0.536. The van der Waals surface area contributed by atoms with Crippen molar-refractivity contribution in [2.45, 2.75) is 20.8 Å². The summed E-state index contributed by atoms with van der Waals surface area (Å²) in [6, 6.07) is 6.05. The highest BCUT2D eigenvalue weighted by molar-refractivity contribution is 5.54. The van der Waals surface area contributed by atoms with Gasteiger partial charge in [-0.25, -0.2) is 4.98 Å². The lowest BCUT2D eigenvalue weighted by Crippen LogP contribution is -2.18. The van der Waals surface area contributed by atoms with Gasteiger partial charge >= 0.3 is 0 Å². The molecule has 2 rings (SSSR count). The van der Waals surface area contributed by atoms with E-state index in [1.54, 1.807) is 0 Å². The van der Waals surface area contributed by atoms with Gasteiger partial charge in [0.1, 0.15) is 5.65 Å². The minimum Gasteiger partial charge on any atom is -0.313 e. The van der Waals surface area contributed by atoms with E-state index in [4.69, 9.17) is 0 Å². The van der Waals surface area contributed by atoms with Crippen LogP contribution in [0.2, 0.25) is 0 Å². The van der Waals surface area contributed by atoms with E-state index < -0.39 is 0 Å². The van der Waals surface area contributed by atoms with Crippen molar-refractivity contribution in [3.8, 4) is 0 Å². The SMILES string of the molecule is CCNCC(=Cc1cn2ccccc2n1)C(C)C. The van der Waals surface area contributed by atoms with Gasteiger partial charge in [0, 0.05) is 18.9 Å². The van der Waals surface area contributed by atoms with Crippen molar-refractivity contribution in [2.24, 2.45) is 5.92 Å². The first kappa shape index (κ1) is 12.8. The molecule has 0 saturated carbocycles. The van der Waals surface area contributed by atoms with Crippen LogP contribution in [0.5, 0.6) is 0 Å². The van der Waals surface area contributed by atoms with Gasteiger partial charge in [0.2, 0.25) is 0 Å². The van der Waals surface area contributed by atoms with Gasteiger partial charge in [-0.1, -0.05) is 32.4 Å². The van der Waals surface area contributed by atoms with E-state index in [0.717, 1.165) is 24.4 Å². The van der Waals surface area contributed by atoms with Crippen LogP contribution in [-0.4, -0.2) is 22.5 Å². The first-order valence-electron chi connectivity index (χ1n) is 6.55. The molecule has 0 aliphatic rings. The molecule has 2 aromatic heterocycles. The predicted octanol–water partition coefficient (Wildman–Crippen LogP) is 2.98. The molecule has 0 aliphatic carbocycles. The summed E-state index contributed by atoms with van der Waals surface area (Å²) in [5, 5.41) is 3.38. The second-order valence-corrected chi connectivity index (χ2v) is 4.79. The molecule has 0 atom stereocenters. The fourth-order valence-electron chi connectivity index (χ4n) is 1.90. The van der Waals surface area contributed by atoms with Gasteiger partial charge in [0.15, 0.2) is 0 Å². The zero-order valence-electron chi connectivity index (χ0n) is 11.4. The molecule has 96 valence electrons. The first-order valence-corrected chi connectivity index (χ1v) is 6.55. The van der Waals surface area contributed by atoms with Crippen molar-refractivity contribution in [2.75, 3.05) is 13.1 Å². The summed E-state index contributed by atoms with van der Waals surface area (Å²) < 4.78 is 2.05. The average molecular weight is 243 g/mol. The first-order chi connectivity index (χ1) is 8.70. The number of nitrogens with zero attached hydrogens (tertiary/aromatic N) is 2. The van der Waals surface area contributed by atoms with Gasteiger partial charge in [0.25, 0.3) is 0 Å². The molecule has 0 bridgehead atoms. The summed E-state index contributed by atoms with van der Waals surface area (Å²) >= 11 is 0.